The molecule has 1 aliphatic heterocycles. The van der Waals surface area contributed by atoms with Crippen molar-refractivity contribution >= 4 is 5.97 Å². The predicted molar refractivity (Wildman–Crippen MR) is 51.5 cm³/mol. The van der Waals surface area contributed by atoms with Gasteiger partial charge in [0.2, 0.25) is 0 Å². The summed E-state index contributed by atoms with van der Waals surface area (Å²) in [7, 11) is 1.46. The van der Waals surface area contributed by atoms with Gasteiger partial charge in [0.1, 0.15) is 0 Å². The number of nitrogens with zero attached hydrogens (tertiary/aromatic N) is 1. The molecule has 1 heterocycles. The molecule has 13 heavy (non-hydrogen) atoms. The van der Waals surface area contributed by atoms with E-state index in [1.807, 2.05) is 0 Å². The molecule has 0 aromatic rings. The van der Waals surface area contributed by atoms with Crippen LogP contribution in [0.4, 0.5) is 0 Å². The molecule has 0 aliphatic carbocycles. The molecular weight excluding hydrogens is 166 g/mol. The number of hydrogen-bond acceptors (Lipinski definition) is 3. The topological polar surface area (TPSA) is 29.5 Å². The first-order valence-electron chi connectivity index (χ1n) is 4.97. The Bertz CT molecular complexity index is 180. The zero-order valence-corrected chi connectivity index (χ0v) is 8.75. The SMILES string of the molecule is COC(=O)C[C@@H]1CCCN1C(C)C. The standard InChI is InChI=1S/C10H19NO2/c1-8(2)11-6-4-5-9(11)7-10(12)13-3/h8-9H,4-7H2,1-3H3/t9-/m0/s1. The van der Waals surface area contributed by atoms with E-state index in [0.717, 1.165) is 13.0 Å². The molecule has 1 rings (SSSR count). The molecule has 0 amide bonds. The molecule has 0 aromatic carbocycles. The first kappa shape index (κ1) is 10.5. The number of ether oxygens (including phenoxy) is 1. The Balaban J connectivity index is 2.44. The number of rotatable bonds is 3. The van der Waals surface area contributed by atoms with Gasteiger partial charge in [-0.25, -0.2) is 0 Å². The number of methoxy groups -OCH3 is 1. The molecule has 0 radical (unpaired) electrons. The van der Waals surface area contributed by atoms with Crippen molar-refractivity contribution in [3.63, 3.8) is 0 Å². The van der Waals surface area contributed by atoms with Crippen molar-refractivity contribution in [1.29, 1.82) is 0 Å². The lowest BCUT2D eigenvalue weighted by atomic mass is 10.1. The van der Waals surface area contributed by atoms with E-state index in [4.69, 9.17) is 0 Å². The first-order valence-corrected chi connectivity index (χ1v) is 4.97. The summed E-state index contributed by atoms with van der Waals surface area (Å²) in [5, 5.41) is 0. The van der Waals surface area contributed by atoms with Gasteiger partial charge in [0.05, 0.1) is 13.5 Å². The predicted octanol–water partition coefficient (Wildman–Crippen LogP) is 1.42. The smallest absolute Gasteiger partial charge is 0.307 e. The zero-order valence-electron chi connectivity index (χ0n) is 8.75. The highest BCUT2D eigenvalue weighted by molar-refractivity contribution is 5.69. The monoisotopic (exact) mass is 185 g/mol. The van der Waals surface area contributed by atoms with Crippen molar-refractivity contribution in [1.82, 2.24) is 4.90 Å². The molecule has 0 aromatic heterocycles. The minimum absolute atomic E-state index is 0.0856. The van der Waals surface area contributed by atoms with Crippen LogP contribution >= 0.6 is 0 Å². The van der Waals surface area contributed by atoms with Crippen LogP contribution in [0.2, 0.25) is 0 Å². The lowest BCUT2D eigenvalue weighted by Gasteiger charge is -2.27. The summed E-state index contributed by atoms with van der Waals surface area (Å²) in [4.78, 5) is 13.5. The molecule has 76 valence electrons. The molecule has 0 saturated carbocycles. The highest BCUT2D eigenvalue weighted by atomic mass is 16.5. The van der Waals surface area contributed by atoms with Crippen molar-refractivity contribution in [2.45, 2.75) is 45.2 Å². The van der Waals surface area contributed by atoms with E-state index in [-0.39, 0.29) is 5.97 Å². The Morgan fingerprint density at radius 1 is 1.62 bits per heavy atom. The Morgan fingerprint density at radius 3 is 2.85 bits per heavy atom. The Labute approximate surface area is 80.1 Å². The van der Waals surface area contributed by atoms with Crippen LogP contribution in [0.15, 0.2) is 0 Å². The molecule has 1 atom stereocenters. The summed E-state index contributed by atoms with van der Waals surface area (Å²) in [5.41, 5.74) is 0. The number of hydrogen-bond donors (Lipinski definition) is 0. The van der Waals surface area contributed by atoms with Gasteiger partial charge in [0.25, 0.3) is 0 Å². The van der Waals surface area contributed by atoms with Gasteiger partial charge in [-0.05, 0) is 33.2 Å². The van der Waals surface area contributed by atoms with Gasteiger partial charge in [0.15, 0.2) is 0 Å². The van der Waals surface area contributed by atoms with E-state index < -0.39 is 0 Å². The van der Waals surface area contributed by atoms with Gasteiger partial charge in [-0.15, -0.1) is 0 Å². The quantitative estimate of drug-likeness (QED) is 0.623. The Kier molecular flexibility index (Phi) is 3.72. The van der Waals surface area contributed by atoms with Crippen molar-refractivity contribution in [3.8, 4) is 0 Å². The summed E-state index contributed by atoms with van der Waals surface area (Å²) >= 11 is 0. The fourth-order valence-electron chi connectivity index (χ4n) is 2.03. The van der Waals surface area contributed by atoms with Crippen molar-refractivity contribution in [2.75, 3.05) is 13.7 Å². The molecule has 3 nitrogen and oxygen atoms in total. The number of esters is 1. The fourth-order valence-corrected chi connectivity index (χ4v) is 2.03. The second-order valence-corrected chi connectivity index (χ2v) is 3.91. The maximum Gasteiger partial charge on any atom is 0.307 e. The van der Waals surface area contributed by atoms with E-state index in [1.165, 1.54) is 13.5 Å². The highest BCUT2D eigenvalue weighted by Crippen LogP contribution is 2.22. The van der Waals surface area contributed by atoms with Crippen LogP contribution in [0.3, 0.4) is 0 Å². The van der Waals surface area contributed by atoms with Crippen LogP contribution < -0.4 is 0 Å². The summed E-state index contributed by atoms with van der Waals surface area (Å²) in [6, 6.07) is 0.949. The van der Waals surface area contributed by atoms with E-state index in [2.05, 4.69) is 23.5 Å². The molecule has 0 N–H and O–H groups in total. The highest BCUT2D eigenvalue weighted by Gasteiger charge is 2.28. The lowest BCUT2D eigenvalue weighted by molar-refractivity contribution is -0.141. The fraction of sp³-hybridized carbons (Fsp3) is 0.900. The van der Waals surface area contributed by atoms with Crippen LogP contribution in [0.5, 0.6) is 0 Å². The molecule has 1 aliphatic rings. The normalized spacial score (nSPS) is 23.8. The van der Waals surface area contributed by atoms with Crippen molar-refractivity contribution in [3.05, 3.63) is 0 Å². The van der Waals surface area contributed by atoms with Gasteiger partial charge in [-0.3, -0.25) is 9.69 Å². The minimum Gasteiger partial charge on any atom is -0.469 e. The lowest BCUT2D eigenvalue weighted by Crippen LogP contribution is -2.36. The van der Waals surface area contributed by atoms with E-state index in [1.54, 1.807) is 0 Å². The van der Waals surface area contributed by atoms with Crippen LogP contribution in [0, 0.1) is 0 Å². The number of carbonyl (C=O) groups is 1. The van der Waals surface area contributed by atoms with Crippen molar-refractivity contribution < 1.29 is 9.53 Å². The largest absolute Gasteiger partial charge is 0.469 e. The average molecular weight is 185 g/mol. The van der Waals surface area contributed by atoms with E-state index in [0.29, 0.717) is 18.5 Å². The van der Waals surface area contributed by atoms with Crippen LogP contribution in [0.25, 0.3) is 0 Å². The maximum absolute atomic E-state index is 11.1. The van der Waals surface area contributed by atoms with E-state index >= 15 is 0 Å². The molecular formula is C10H19NO2. The zero-order chi connectivity index (χ0) is 9.84. The number of likely N-dealkylation sites (tertiary alicyclic amines) is 1. The summed E-state index contributed by atoms with van der Waals surface area (Å²) in [6.45, 7) is 5.48. The van der Waals surface area contributed by atoms with Gasteiger partial charge >= 0.3 is 5.97 Å². The molecule has 3 heteroatoms. The first-order chi connectivity index (χ1) is 6.15. The molecule has 0 spiro atoms. The van der Waals surface area contributed by atoms with Crippen molar-refractivity contribution in [2.24, 2.45) is 0 Å². The molecule has 1 saturated heterocycles. The van der Waals surface area contributed by atoms with Crippen LogP contribution in [-0.4, -0.2) is 36.6 Å². The van der Waals surface area contributed by atoms with Gasteiger partial charge in [0, 0.05) is 12.1 Å². The van der Waals surface area contributed by atoms with Crippen LogP contribution in [-0.2, 0) is 9.53 Å². The maximum atomic E-state index is 11.1. The van der Waals surface area contributed by atoms with Crippen LogP contribution in [0.1, 0.15) is 33.1 Å². The molecule has 0 bridgehead atoms. The third-order valence-electron chi connectivity index (χ3n) is 2.72. The number of carbonyl (C=O) groups excluding carboxylic acids is 1. The second-order valence-electron chi connectivity index (χ2n) is 3.91. The second kappa shape index (κ2) is 4.61. The van der Waals surface area contributed by atoms with Gasteiger partial charge < -0.3 is 4.74 Å². The van der Waals surface area contributed by atoms with Gasteiger partial charge in [-0.1, -0.05) is 0 Å². The Morgan fingerprint density at radius 2 is 2.31 bits per heavy atom. The minimum atomic E-state index is -0.0856. The Hall–Kier alpha value is -0.570. The summed E-state index contributed by atoms with van der Waals surface area (Å²) in [6.07, 6.45) is 2.89. The molecule has 1 fully saturated rings. The third-order valence-corrected chi connectivity index (χ3v) is 2.72. The van der Waals surface area contributed by atoms with E-state index in [9.17, 15) is 4.79 Å². The third kappa shape index (κ3) is 2.69. The average Bonchev–Trinajstić information content (AvgIpc) is 2.52. The van der Waals surface area contributed by atoms with Gasteiger partial charge in [-0.2, -0.15) is 0 Å². The molecule has 0 unspecified atom stereocenters. The summed E-state index contributed by atoms with van der Waals surface area (Å²) < 4.78 is 4.67. The summed E-state index contributed by atoms with van der Waals surface area (Å²) in [5.74, 6) is -0.0856.